The molecular formula is C12H20N2O2. The summed E-state index contributed by atoms with van der Waals surface area (Å²) in [5.74, 6) is 1.66. The lowest BCUT2D eigenvalue weighted by Gasteiger charge is -2.20. The van der Waals surface area contributed by atoms with Crippen molar-refractivity contribution < 1.29 is 9.15 Å². The molecule has 1 aliphatic heterocycles. The van der Waals surface area contributed by atoms with E-state index in [0.29, 0.717) is 0 Å². The molecule has 1 aliphatic rings. The molecule has 1 aromatic heterocycles. The summed E-state index contributed by atoms with van der Waals surface area (Å²) >= 11 is 0. The maximum Gasteiger partial charge on any atom is 0.196 e. The highest BCUT2D eigenvalue weighted by Gasteiger charge is 2.17. The van der Waals surface area contributed by atoms with Gasteiger partial charge in [0.25, 0.3) is 0 Å². The number of aromatic nitrogens is 1. The van der Waals surface area contributed by atoms with Crippen LogP contribution in [-0.4, -0.2) is 23.7 Å². The van der Waals surface area contributed by atoms with Gasteiger partial charge in [0.15, 0.2) is 5.89 Å². The first-order valence-corrected chi connectivity index (χ1v) is 6.05. The van der Waals surface area contributed by atoms with Gasteiger partial charge in [-0.1, -0.05) is 0 Å². The fraction of sp³-hybridized carbons (Fsp3) is 0.750. The van der Waals surface area contributed by atoms with Gasteiger partial charge >= 0.3 is 0 Å². The van der Waals surface area contributed by atoms with Gasteiger partial charge in [-0.3, -0.25) is 0 Å². The summed E-state index contributed by atoms with van der Waals surface area (Å²) in [6.07, 6.45) is 7.15. The Labute approximate surface area is 96.2 Å². The molecule has 0 amide bonds. The van der Waals surface area contributed by atoms with Crippen LogP contribution in [0.4, 0.5) is 0 Å². The molecule has 0 radical (unpaired) electrons. The summed E-state index contributed by atoms with van der Waals surface area (Å²) in [7, 11) is 0. The van der Waals surface area contributed by atoms with Crippen molar-refractivity contribution >= 4 is 0 Å². The summed E-state index contributed by atoms with van der Waals surface area (Å²) in [5, 5.41) is 0. The van der Waals surface area contributed by atoms with Crippen molar-refractivity contribution in [2.24, 2.45) is 5.73 Å². The first-order valence-electron chi connectivity index (χ1n) is 6.05. The molecule has 2 rings (SSSR count). The number of oxazole rings is 1. The van der Waals surface area contributed by atoms with Gasteiger partial charge in [-0.25, -0.2) is 4.98 Å². The third-order valence-corrected chi connectivity index (χ3v) is 2.80. The molecule has 2 unspecified atom stereocenters. The number of nitrogens with two attached hydrogens (primary N) is 1. The zero-order chi connectivity index (χ0) is 11.4. The first-order chi connectivity index (χ1) is 7.74. The Morgan fingerprint density at radius 1 is 1.56 bits per heavy atom. The van der Waals surface area contributed by atoms with E-state index in [4.69, 9.17) is 14.9 Å². The third-order valence-electron chi connectivity index (χ3n) is 2.80. The maximum atomic E-state index is 5.71. The Morgan fingerprint density at radius 3 is 3.12 bits per heavy atom. The number of hydrogen-bond acceptors (Lipinski definition) is 4. The van der Waals surface area contributed by atoms with Gasteiger partial charge in [0.1, 0.15) is 5.76 Å². The van der Waals surface area contributed by atoms with Crippen LogP contribution in [0.15, 0.2) is 10.6 Å². The van der Waals surface area contributed by atoms with Gasteiger partial charge in [-0.05, 0) is 26.2 Å². The van der Waals surface area contributed by atoms with E-state index in [2.05, 4.69) is 4.98 Å². The van der Waals surface area contributed by atoms with Gasteiger partial charge < -0.3 is 14.9 Å². The minimum absolute atomic E-state index is 0.117. The predicted molar refractivity (Wildman–Crippen MR) is 61.2 cm³/mol. The van der Waals surface area contributed by atoms with Crippen molar-refractivity contribution in [2.45, 2.75) is 51.2 Å². The average Bonchev–Trinajstić information content (AvgIpc) is 2.66. The van der Waals surface area contributed by atoms with Gasteiger partial charge in [-0.15, -0.1) is 0 Å². The minimum atomic E-state index is 0.117. The second-order valence-electron chi connectivity index (χ2n) is 4.59. The summed E-state index contributed by atoms with van der Waals surface area (Å²) in [4.78, 5) is 4.26. The van der Waals surface area contributed by atoms with Crippen molar-refractivity contribution in [3.63, 3.8) is 0 Å². The van der Waals surface area contributed by atoms with E-state index < -0.39 is 0 Å². The van der Waals surface area contributed by atoms with Gasteiger partial charge in [0, 0.05) is 19.1 Å². The Bertz CT molecular complexity index is 317. The Balaban J connectivity index is 1.86. The van der Waals surface area contributed by atoms with Crippen molar-refractivity contribution in [3.05, 3.63) is 17.8 Å². The monoisotopic (exact) mass is 224 g/mol. The molecule has 16 heavy (non-hydrogen) atoms. The highest BCUT2D eigenvalue weighted by Crippen LogP contribution is 2.17. The number of ether oxygens (including phenoxy) is 1. The quantitative estimate of drug-likeness (QED) is 0.845. The SMILES string of the molecule is CC(N)Cc1cnc(CC2CCCCO2)o1. The van der Waals surface area contributed by atoms with E-state index in [9.17, 15) is 0 Å². The topological polar surface area (TPSA) is 61.3 Å². The molecule has 2 atom stereocenters. The molecule has 0 bridgehead atoms. The summed E-state index contributed by atoms with van der Waals surface area (Å²) in [6, 6.07) is 0.117. The number of hydrogen-bond donors (Lipinski definition) is 1. The predicted octanol–water partition coefficient (Wildman–Crippen LogP) is 1.68. The van der Waals surface area contributed by atoms with Crippen molar-refractivity contribution in [2.75, 3.05) is 6.61 Å². The molecule has 2 N–H and O–H groups in total. The third kappa shape index (κ3) is 3.32. The van der Waals surface area contributed by atoms with Crippen LogP contribution < -0.4 is 5.73 Å². The van der Waals surface area contributed by atoms with E-state index in [0.717, 1.165) is 37.5 Å². The number of nitrogens with zero attached hydrogens (tertiary/aromatic N) is 1. The average molecular weight is 224 g/mol. The molecule has 90 valence electrons. The molecule has 0 aliphatic carbocycles. The summed E-state index contributed by atoms with van der Waals surface area (Å²) in [5.41, 5.74) is 5.71. The Kier molecular flexibility index (Phi) is 3.96. The molecule has 0 aromatic carbocycles. The largest absolute Gasteiger partial charge is 0.446 e. The number of rotatable bonds is 4. The maximum absolute atomic E-state index is 5.71. The van der Waals surface area contributed by atoms with Crippen molar-refractivity contribution in [3.8, 4) is 0 Å². The highest BCUT2D eigenvalue weighted by molar-refractivity contribution is 4.97. The van der Waals surface area contributed by atoms with Crippen LogP contribution in [0, 0.1) is 0 Å². The standard InChI is InChI=1S/C12H20N2O2/c1-9(13)6-11-8-14-12(16-11)7-10-4-2-3-5-15-10/h8-10H,2-7,13H2,1H3. The van der Waals surface area contributed by atoms with Crippen LogP contribution in [0.5, 0.6) is 0 Å². The lowest BCUT2D eigenvalue weighted by molar-refractivity contribution is 0.0130. The van der Waals surface area contributed by atoms with Crippen molar-refractivity contribution in [1.29, 1.82) is 0 Å². The summed E-state index contributed by atoms with van der Waals surface area (Å²) in [6.45, 7) is 2.84. The molecule has 1 fully saturated rings. The zero-order valence-corrected chi connectivity index (χ0v) is 9.82. The van der Waals surface area contributed by atoms with Crippen LogP contribution in [0.25, 0.3) is 0 Å². The smallest absolute Gasteiger partial charge is 0.196 e. The fourth-order valence-corrected chi connectivity index (χ4v) is 2.02. The molecule has 1 aromatic rings. The molecule has 4 heteroatoms. The first kappa shape index (κ1) is 11.6. The van der Waals surface area contributed by atoms with Gasteiger partial charge in [-0.2, -0.15) is 0 Å². The Hall–Kier alpha value is -0.870. The normalized spacial score (nSPS) is 23.2. The lowest BCUT2D eigenvalue weighted by atomic mass is 10.1. The van der Waals surface area contributed by atoms with E-state index in [-0.39, 0.29) is 12.1 Å². The van der Waals surface area contributed by atoms with Crippen molar-refractivity contribution in [1.82, 2.24) is 4.98 Å². The van der Waals surface area contributed by atoms with Crippen LogP contribution >= 0.6 is 0 Å². The molecule has 0 spiro atoms. The Morgan fingerprint density at radius 2 is 2.44 bits per heavy atom. The highest BCUT2D eigenvalue weighted by atomic mass is 16.5. The van der Waals surface area contributed by atoms with Crippen LogP contribution in [-0.2, 0) is 17.6 Å². The minimum Gasteiger partial charge on any atom is -0.446 e. The zero-order valence-electron chi connectivity index (χ0n) is 9.82. The second kappa shape index (κ2) is 5.46. The van der Waals surface area contributed by atoms with E-state index in [1.807, 2.05) is 6.92 Å². The van der Waals surface area contributed by atoms with Crippen LogP contribution in [0.3, 0.4) is 0 Å². The molecular weight excluding hydrogens is 204 g/mol. The van der Waals surface area contributed by atoms with Gasteiger partial charge in [0.05, 0.1) is 18.7 Å². The van der Waals surface area contributed by atoms with Gasteiger partial charge in [0.2, 0.25) is 0 Å². The molecule has 1 saturated heterocycles. The second-order valence-corrected chi connectivity index (χ2v) is 4.59. The lowest BCUT2D eigenvalue weighted by Crippen LogP contribution is -2.21. The molecule has 2 heterocycles. The summed E-state index contributed by atoms with van der Waals surface area (Å²) < 4.78 is 11.3. The van der Waals surface area contributed by atoms with Crippen LogP contribution in [0.2, 0.25) is 0 Å². The van der Waals surface area contributed by atoms with E-state index in [1.54, 1.807) is 6.20 Å². The van der Waals surface area contributed by atoms with E-state index >= 15 is 0 Å². The van der Waals surface area contributed by atoms with E-state index in [1.165, 1.54) is 12.8 Å². The fourth-order valence-electron chi connectivity index (χ4n) is 2.02. The molecule has 4 nitrogen and oxygen atoms in total. The molecule has 0 saturated carbocycles. The van der Waals surface area contributed by atoms with Crippen LogP contribution in [0.1, 0.15) is 37.8 Å².